The van der Waals surface area contributed by atoms with Gasteiger partial charge in [0.25, 0.3) is 0 Å². The lowest BCUT2D eigenvalue weighted by atomic mass is 9.94. The van der Waals surface area contributed by atoms with Crippen LogP contribution in [0.15, 0.2) is 18.2 Å². The lowest BCUT2D eigenvalue weighted by Gasteiger charge is -2.15. The number of hydrogen-bond acceptors (Lipinski definition) is 1. The van der Waals surface area contributed by atoms with E-state index < -0.39 is 0 Å². The van der Waals surface area contributed by atoms with E-state index in [2.05, 4.69) is 0 Å². The summed E-state index contributed by atoms with van der Waals surface area (Å²) in [5.74, 6) is 0.735. The highest BCUT2D eigenvalue weighted by molar-refractivity contribution is 5.26. The molecular weight excluding hydrogens is 213 g/mol. The predicted octanol–water partition coefficient (Wildman–Crippen LogP) is 4.10. The Kier molecular flexibility index (Phi) is 4.16. The third-order valence-corrected chi connectivity index (χ3v) is 3.97. The Labute approximate surface area is 103 Å². The Morgan fingerprint density at radius 1 is 1.35 bits per heavy atom. The maximum atomic E-state index is 13.2. The number of hydrogen-bond donors (Lipinski definition) is 1. The molecule has 2 rings (SSSR count). The zero-order chi connectivity index (χ0) is 12.3. The van der Waals surface area contributed by atoms with Crippen molar-refractivity contribution in [3.05, 3.63) is 35.1 Å². The quantitative estimate of drug-likeness (QED) is 0.835. The minimum Gasteiger partial charge on any atom is -0.324 e. The van der Waals surface area contributed by atoms with Crippen LogP contribution in [0.4, 0.5) is 4.39 Å². The number of rotatable bonds is 4. The smallest absolute Gasteiger partial charge is 0.126 e. The first kappa shape index (κ1) is 12.6. The van der Waals surface area contributed by atoms with Crippen LogP contribution in [0.3, 0.4) is 0 Å². The number of aryl methyl sites for hydroxylation is 1. The van der Waals surface area contributed by atoms with Gasteiger partial charge in [0, 0.05) is 6.04 Å². The van der Waals surface area contributed by atoms with Crippen LogP contribution in [0.1, 0.15) is 55.7 Å². The standard InChI is InChI=1S/C15H22FN/c1-11-10-13(7-8-14(11)16)15(17)9-6-12-4-2-3-5-12/h7-8,10,12,15H,2-6,9,17H2,1H3. The normalized spacial score (nSPS) is 18.5. The average Bonchev–Trinajstić information content (AvgIpc) is 2.82. The first-order chi connectivity index (χ1) is 8.16. The maximum absolute atomic E-state index is 13.2. The highest BCUT2D eigenvalue weighted by Gasteiger charge is 2.16. The molecular formula is C15H22FN. The molecule has 0 aliphatic heterocycles. The van der Waals surface area contributed by atoms with E-state index in [1.807, 2.05) is 12.1 Å². The van der Waals surface area contributed by atoms with Gasteiger partial charge in [0.15, 0.2) is 0 Å². The first-order valence-electron chi connectivity index (χ1n) is 6.68. The van der Waals surface area contributed by atoms with Crippen molar-refractivity contribution >= 4 is 0 Å². The molecule has 1 saturated carbocycles. The summed E-state index contributed by atoms with van der Waals surface area (Å²) in [7, 11) is 0. The second-order valence-electron chi connectivity index (χ2n) is 5.34. The van der Waals surface area contributed by atoms with Crippen LogP contribution in [-0.2, 0) is 0 Å². The molecule has 1 aliphatic carbocycles. The van der Waals surface area contributed by atoms with Crippen molar-refractivity contribution in [1.29, 1.82) is 0 Å². The predicted molar refractivity (Wildman–Crippen MR) is 69.3 cm³/mol. The van der Waals surface area contributed by atoms with Crippen LogP contribution in [0.2, 0.25) is 0 Å². The third-order valence-electron chi connectivity index (χ3n) is 3.97. The molecule has 0 radical (unpaired) electrons. The summed E-state index contributed by atoms with van der Waals surface area (Å²) in [6.07, 6.45) is 7.75. The van der Waals surface area contributed by atoms with Gasteiger partial charge in [-0.05, 0) is 42.9 Å². The third kappa shape index (κ3) is 3.29. The van der Waals surface area contributed by atoms with Crippen molar-refractivity contribution in [1.82, 2.24) is 0 Å². The average molecular weight is 235 g/mol. The van der Waals surface area contributed by atoms with Crippen LogP contribution in [-0.4, -0.2) is 0 Å². The van der Waals surface area contributed by atoms with Gasteiger partial charge >= 0.3 is 0 Å². The highest BCUT2D eigenvalue weighted by atomic mass is 19.1. The van der Waals surface area contributed by atoms with E-state index in [-0.39, 0.29) is 11.9 Å². The van der Waals surface area contributed by atoms with E-state index in [0.717, 1.165) is 17.9 Å². The Hall–Kier alpha value is -0.890. The topological polar surface area (TPSA) is 26.0 Å². The molecule has 0 bridgehead atoms. The van der Waals surface area contributed by atoms with E-state index in [9.17, 15) is 4.39 Å². The highest BCUT2D eigenvalue weighted by Crippen LogP contribution is 2.31. The molecule has 1 atom stereocenters. The molecule has 2 heteroatoms. The Morgan fingerprint density at radius 3 is 2.71 bits per heavy atom. The summed E-state index contributed by atoms with van der Waals surface area (Å²) < 4.78 is 13.2. The Bertz CT molecular complexity index is 369. The molecule has 1 nitrogen and oxygen atoms in total. The zero-order valence-electron chi connectivity index (χ0n) is 10.6. The fraction of sp³-hybridized carbons (Fsp3) is 0.600. The molecule has 0 aromatic heterocycles. The largest absolute Gasteiger partial charge is 0.324 e. The summed E-state index contributed by atoms with van der Waals surface area (Å²) in [6.45, 7) is 1.79. The van der Waals surface area contributed by atoms with Crippen molar-refractivity contribution in [2.45, 2.75) is 51.5 Å². The van der Waals surface area contributed by atoms with Crippen LogP contribution >= 0.6 is 0 Å². The van der Waals surface area contributed by atoms with E-state index in [4.69, 9.17) is 5.73 Å². The van der Waals surface area contributed by atoms with Crippen molar-refractivity contribution in [3.63, 3.8) is 0 Å². The zero-order valence-corrected chi connectivity index (χ0v) is 10.6. The van der Waals surface area contributed by atoms with E-state index in [1.165, 1.54) is 38.2 Å². The molecule has 0 amide bonds. The van der Waals surface area contributed by atoms with Crippen LogP contribution in [0.25, 0.3) is 0 Å². The first-order valence-corrected chi connectivity index (χ1v) is 6.68. The van der Waals surface area contributed by atoms with Crippen molar-refractivity contribution in [2.24, 2.45) is 11.7 Å². The van der Waals surface area contributed by atoms with Gasteiger partial charge in [-0.2, -0.15) is 0 Å². The Morgan fingerprint density at radius 2 is 2.06 bits per heavy atom. The van der Waals surface area contributed by atoms with Gasteiger partial charge in [-0.25, -0.2) is 4.39 Å². The fourth-order valence-corrected chi connectivity index (χ4v) is 2.78. The van der Waals surface area contributed by atoms with E-state index >= 15 is 0 Å². The van der Waals surface area contributed by atoms with Crippen molar-refractivity contribution < 1.29 is 4.39 Å². The van der Waals surface area contributed by atoms with Gasteiger partial charge in [0.2, 0.25) is 0 Å². The van der Waals surface area contributed by atoms with Gasteiger partial charge in [-0.3, -0.25) is 0 Å². The summed E-state index contributed by atoms with van der Waals surface area (Å²) in [5, 5.41) is 0. The molecule has 0 heterocycles. The van der Waals surface area contributed by atoms with E-state index in [1.54, 1.807) is 6.92 Å². The van der Waals surface area contributed by atoms with E-state index in [0.29, 0.717) is 5.56 Å². The number of benzene rings is 1. The second kappa shape index (κ2) is 5.63. The summed E-state index contributed by atoms with van der Waals surface area (Å²) in [6, 6.07) is 5.30. The van der Waals surface area contributed by atoms with Gasteiger partial charge in [-0.15, -0.1) is 0 Å². The minimum atomic E-state index is -0.142. The number of nitrogens with two attached hydrogens (primary N) is 1. The summed E-state index contributed by atoms with van der Waals surface area (Å²) in [4.78, 5) is 0. The summed E-state index contributed by atoms with van der Waals surface area (Å²) >= 11 is 0. The second-order valence-corrected chi connectivity index (χ2v) is 5.34. The molecule has 2 N–H and O–H groups in total. The van der Waals surface area contributed by atoms with Crippen LogP contribution in [0.5, 0.6) is 0 Å². The summed E-state index contributed by atoms with van der Waals surface area (Å²) in [5.41, 5.74) is 7.93. The van der Waals surface area contributed by atoms with Crippen LogP contribution < -0.4 is 5.73 Å². The van der Waals surface area contributed by atoms with Gasteiger partial charge in [0.1, 0.15) is 5.82 Å². The van der Waals surface area contributed by atoms with Gasteiger partial charge < -0.3 is 5.73 Å². The van der Waals surface area contributed by atoms with Gasteiger partial charge in [-0.1, -0.05) is 37.8 Å². The molecule has 1 unspecified atom stereocenters. The maximum Gasteiger partial charge on any atom is 0.126 e. The monoisotopic (exact) mass is 235 g/mol. The molecule has 0 spiro atoms. The Balaban J connectivity index is 1.89. The lowest BCUT2D eigenvalue weighted by Crippen LogP contribution is -2.12. The number of halogens is 1. The minimum absolute atomic E-state index is 0.0647. The molecule has 1 aromatic carbocycles. The van der Waals surface area contributed by atoms with Crippen molar-refractivity contribution in [3.8, 4) is 0 Å². The molecule has 1 aliphatic rings. The fourth-order valence-electron chi connectivity index (χ4n) is 2.78. The molecule has 1 fully saturated rings. The molecule has 17 heavy (non-hydrogen) atoms. The van der Waals surface area contributed by atoms with Gasteiger partial charge in [0.05, 0.1) is 0 Å². The van der Waals surface area contributed by atoms with Crippen LogP contribution in [0, 0.1) is 18.7 Å². The van der Waals surface area contributed by atoms with Crippen molar-refractivity contribution in [2.75, 3.05) is 0 Å². The molecule has 0 saturated heterocycles. The molecule has 1 aromatic rings. The molecule has 94 valence electrons. The lowest BCUT2D eigenvalue weighted by molar-refractivity contribution is 0.453. The SMILES string of the molecule is Cc1cc(C(N)CCC2CCCC2)ccc1F.